The van der Waals surface area contributed by atoms with Crippen molar-refractivity contribution in [3.63, 3.8) is 0 Å². The van der Waals surface area contributed by atoms with E-state index >= 15 is 0 Å². The number of nitrogens with zero attached hydrogens (tertiary/aromatic N) is 5. The Bertz CT molecular complexity index is 1170. The number of hydrogen-bond donors (Lipinski definition) is 0. The molecule has 0 spiro atoms. The lowest BCUT2D eigenvalue weighted by Gasteiger charge is -2.27. The maximum atomic E-state index is 6.24. The standard InChI is InChI=1S/C20H19N5O/c1-11-5-7-14-15-8-6-12(2)23-20(15)26-17(14)16(11)25-13(3)24(4)18-19(25)22-10-9-21-18/h5-10,13H,1-4H3. The largest absolute Gasteiger partial charge is 0.435 e. The second-order valence-electron chi connectivity index (χ2n) is 6.83. The van der Waals surface area contributed by atoms with Crippen molar-refractivity contribution in [1.29, 1.82) is 0 Å². The summed E-state index contributed by atoms with van der Waals surface area (Å²) in [5.41, 5.74) is 4.62. The van der Waals surface area contributed by atoms with E-state index in [1.54, 1.807) is 12.4 Å². The van der Waals surface area contributed by atoms with E-state index in [-0.39, 0.29) is 6.17 Å². The fourth-order valence-electron chi connectivity index (χ4n) is 3.76. The molecule has 4 aromatic rings. The Morgan fingerprint density at radius 3 is 2.50 bits per heavy atom. The minimum absolute atomic E-state index is 0.0830. The van der Waals surface area contributed by atoms with Crippen LogP contribution in [0.5, 0.6) is 0 Å². The maximum absolute atomic E-state index is 6.24. The third-order valence-electron chi connectivity index (χ3n) is 5.22. The van der Waals surface area contributed by atoms with Gasteiger partial charge in [-0.05, 0) is 38.5 Å². The summed E-state index contributed by atoms with van der Waals surface area (Å²) in [6.07, 6.45) is 3.54. The summed E-state index contributed by atoms with van der Waals surface area (Å²) in [4.78, 5) is 18.0. The first kappa shape index (κ1) is 15.1. The molecule has 1 aromatic carbocycles. The molecule has 1 aliphatic rings. The Morgan fingerprint density at radius 1 is 0.962 bits per heavy atom. The van der Waals surface area contributed by atoms with Gasteiger partial charge in [0, 0.05) is 35.9 Å². The molecule has 0 amide bonds. The zero-order valence-corrected chi connectivity index (χ0v) is 15.2. The van der Waals surface area contributed by atoms with Crippen molar-refractivity contribution in [2.45, 2.75) is 26.9 Å². The van der Waals surface area contributed by atoms with Gasteiger partial charge < -0.3 is 9.32 Å². The summed E-state index contributed by atoms with van der Waals surface area (Å²) in [6.45, 7) is 6.22. The van der Waals surface area contributed by atoms with E-state index < -0.39 is 0 Å². The molecule has 1 unspecified atom stereocenters. The minimum Gasteiger partial charge on any atom is -0.435 e. The number of rotatable bonds is 1. The monoisotopic (exact) mass is 345 g/mol. The topological polar surface area (TPSA) is 58.3 Å². The number of anilines is 3. The van der Waals surface area contributed by atoms with Gasteiger partial charge in [-0.25, -0.2) is 15.0 Å². The van der Waals surface area contributed by atoms with Gasteiger partial charge in [0.25, 0.3) is 0 Å². The van der Waals surface area contributed by atoms with Gasteiger partial charge in [-0.1, -0.05) is 12.1 Å². The molecule has 0 bridgehead atoms. The molecule has 0 N–H and O–H groups in total. The highest BCUT2D eigenvalue weighted by molar-refractivity contribution is 6.09. The molecule has 3 aromatic heterocycles. The third kappa shape index (κ3) is 1.89. The number of benzene rings is 1. The lowest BCUT2D eigenvalue weighted by molar-refractivity contribution is 0.646. The lowest BCUT2D eigenvalue weighted by atomic mass is 10.1. The molecular formula is C20H19N5O. The molecule has 1 atom stereocenters. The molecule has 0 radical (unpaired) electrons. The molecule has 26 heavy (non-hydrogen) atoms. The van der Waals surface area contributed by atoms with Crippen LogP contribution in [0.1, 0.15) is 18.2 Å². The Labute approximate surface area is 151 Å². The summed E-state index contributed by atoms with van der Waals surface area (Å²) >= 11 is 0. The highest BCUT2D eigenvalue weighted by Crippen LogP contribution is 2.45. The molecule has 4 heterocycles. The highest BCUT2D eigenvalue weighted by atomic mass is 16.3. The first-order valence-corrected chi connectivity index (χ1v) is 8.69. The van der Waals surface area contributed by atoms with E-state index in [9.17, 15) is 0 Å². The second kappa shape index (κ2) is 5.17. The van der Waals surface area contributed by atoms with Crippen LogP contribution in [-0.2, 0) is 0 Å². The Morgan fingerprint density at radius 2 is 1.69 bits per heavy atom. The fourth-order valence-corrected chi connectivity index (χ4v) is 3.76. The summed E-state index contributed by atoms with van der Waals surface area (Å²) < 4.78 is 6.24. The molecule has 130 valence electrons. The Hall–Kier alpha value is -3.15. The van der Waals surface area contributed by atoms with Gasteiger partial charge in [0.2, 0.25) is 5.71 Å². The Balaban J connectivity index is 1.84. The molecular weight excluding hydrogens is 326 g/mol. The summed E-state index contributed by atoms with van der Waals surface area (Å²) in [6, 6.07) is 8.34. The van der Waals surface area contributed by atoms with Crippen LogP contribution in [0.25, 0.3) is 22.1 Å². The number of fused-ring (bicyclic) bond motifs is 4. The molecule has 0 saturated carbocycles. The molecule has 0 fully saturated rings. The molecule has 6 heteroatoms. The summed E-state index contributed by atoms with van der Waals surface area (Å²) in [7, 11) is 2.04. The molecule has 1 aliphatic heterocycles. The van der Waals surface area contributed by atoms with Gasteiger partial charge in [-0.3, -0.25) is 4.90 Å². The number of aromatic nitrogens is 3. The molecule has 0 aliphatic carbocycles. The van der Waals surface area contributed by atoms with Gasteiger partial charge in [0.1, 0.15) is 6.17 Å². The van der Waals surface area contributed by atoms with E-state index in [4.69, 9.17) is 4.42 Å². The average Bonchev–Trinajstić information content (AvgIpc) is 3.11. The zero-order chi connectivity index (χ0) is 18.0. The van der Waals surface area contributed by atoms with Crippen molar-refractivity contribution in [1.82, 2.24) is 15.0 Å². The number of furan rings is 1. The quantitative estimate of drug-likeness (QED) is 0.512. The fraction of sp³-hybridized carbons (Fsp3) is 0.250. The van der Waals surface area contributed by atoms with E-state index in [1.165, 1.54) is 0 Å². The van der Waals surface area contributed by atoms with Crippen molar-refractivity contribution in [3.8, 4) is 0 Å². The van der Waals surface area contributed by atoms with Crippen LogP contribution in [0.4, 0.5) is 17.3 Å². The molecule has 5 rings (SSSR count). The molecule has 6 nitrogen and oxygen atoms in total. The number of pyridine rings is 1. The predicted octanol–water partition coefficient (Wildman–Crippen LogP) is 4.32. The van der Waals surface area contributed by atoms with Crippen LogP contribution in [0.15, 0.2) is 41.1 Å². The third-order valence-corrected chi connectivity index (χ3v) is 5.22. The number of aryl methyl sites for hydroxylation is 2. The zero-order valence-electron chi connectivity index (χ0n) is 15.2. The number of hydrogen-bond acceptors (Lipinski definition) is 6. The normalized spacial score (nSPS) is 16.7. The van der Waals surface area contributed by atoms with Crippen LogP contribution in [0.2, 0.25) is 0 Å². The van der Waals surface area contributed by atoms with Gasteiger partial charge in [-0.15, -0.1) is 0 Å². The van der Waals surface area contributed by atoms with E-state index in [0.717, 1.165) is 44.9 Å². The predicted molar refractivity (Wildman–Crippen MR) is 103 cm³/mol. The van der Waals surface area contributed by atoms with Crippen molar-refractivity contribution in [2.24, 2.45) is 0 Å². The second-order valence-corrected chi connectivity index (χ2v) is 6.83. The maximum Gasteiger partial charge on any atom is 0.227 e. The van der Waals surface area contributed by atoms with Crippen LogP contribution in [0.3, 0.4) is 0 Å². The minimum atomic E-state index is 0.0830. The van der Waals surface area contributed by atoms with Crippen LogP contribution >= 0.6 is 0 Å². The Kier molecular flexibility index (Phi) is 3.01. The SMILES string of the molecule is Cc1ccc2c(n1)oc1c(N3c4nccnc4N(C)C3C)c(C)ccc12. The lowest BCUT2D eigenvalue weighted by Crippen LogP contribution is -2.36. The van der Waals surface area contributed by atoms with Gasteiger partial charge >= 0.3 is 0 Å². The average molecular weight is 345 g/mol. The van der Waals surface area contributed by atoms with Crippen molar-refractivity contribution < 1.29 is 4.42 Å². The van der Waals surface area contributed by atoms with Crippen LogP contribution in [0, 0.1) is 13.8 Å². The highest BCUT2D eigenvalue weighted by Gasteiger charge is 2.36. The summed E-state index contributed by atoms with van der Waals surface area (Å²) in [5, 5.41) is 2.10. The van der Waals surface area contributed by atoms with Gasteiger partial charge in [0.15, 0.2) is 17.2 Å². The van der Waals surface area contributed by atoms with Gasteiger partial charge in [0.05, 0.1) is 5.69 Å². The van der Waals surface area contributed by atoms with Crippen molar-refractivity contribution in [3.05, 3.63) is 47.9 Å². The van der Waals surface area contributed by atoms with Gasteiger partial charge in [-0.2, -0.15) is 0 Å². The summed E-state index contributed by atoms with van der Waals surface area (Å²) in [5.74, 6) is 1.73. The molecule has 0 saturated heterocycles. The van der Waals surface area contributed by atoms with E-state index in [1.807, 2.05) is 20.0 Å². The first-order valence-electron chi connectivity index (χ1n) is 8.69. The van der Waals surface area contributed by atoms with Crippen LogP contribution in [-0.4, -0.2) is 28.2 Å². The van der Waals surface area contributed by atoms with Crippen molar-refractivity contribution >= 4 is 39.4 Å². The first-order chi connectivity index (χ1) is 12.6. The smallest absolute Gasteiger partial charge is 0.227 e. The van der Waals surface area contributed by atoms with Crippen LogP contribution < -0.4 is 9.80 Å². The van der Waals surface area contributed by atoms with E-state index in [2.05, 4.69) is 56.8 Å². The van der Waals surface area contributed by atoms with Crippen molar-refractivity contribution in [2.75, 3.05) is 16.8 Å². The van der Waals surface area contributed by atoms with E-state index in [0.29, 0.717) is 5.71 Å².